The molecule has 1 fully saturated rings. The molecule has 1 aliphatic carbocycles. The number of halogens is 1. The largest absolute Gasteiger partial charge is 0.303 e. The molecular formula is C16H21FN4S. The highest BCUT2D eigenvalue weighted by molar-refractivity contribution is 7.98. The van der Waals surface area contributed by atoms with Crippen molar-refractivity contribution in [2.45, 2.75) is 56.5 Å². The maximum absolute atomic E-state index is 13.2. The minimum atomic E-state index is -0.295. The SMILES string of the molecule is Cc1nnc(SCc2cncc(F)c2)n1[C@H]1CCC[C@@H](C)C1. The average Bonchev–Trinajstić information content (AvgIpc) is 2.86. The second kappa shape index (κ2) is 6.77. The molecule has 118 valence electrons. The van der Waals surface area contributed by atoms with Crippen molar-refractivity contribution in [2.24, 2.45) is 5.92 Å². The number of hydrogen-bond acceptors (Lipinski definition) is 4. The Morgan fingerprint density at radius 2 is 2.18 bits per heavy atom. The Labute approximate surface area is 134 Å². The highest BCUT2D eigenvalue weighted by Crippen LogP contribution is 2.35. The van der Waals surface area contributed by atoms with Gasteiger partial charge < -0.3 is 4.57 Å². The van der Waals surface area contributed by atoms with Gasteiger partial charge in [-0.25, -0.2) is 4.39 Å². The minimum absolute atomic E-state index is 0.295. The summed E-state index contributed by atoms with van der Waals surface area (Å²) in [7, 11) is 0. The predicted molar refractivity (Wildman–Crippen MR) is 85.2 cm³/mol. The third-order valence-electron chi connectivity index (χ3n) is 4.24. The Balaban J connectivity index is 1.74. The zero-order chi connectivity index (χ0) is 15.5. The molecule has 2 atom stereocenters. The third kappa shape index (κ3) is 3.48. The summed E-state index contributed by atoms with van der Waals surface area (Å²) < 4.78 is 15.5. The van der Waals surface area contributed by atoms with Gasteiger partial charge in [0.15, 0.2) is 5.16 Å². The Hall–Kier alpha value is -1.43. The molecule has 0 bridgehead atoms. The van der Waals surface area contributed by atoms with Crippen molar-refractivity contribution in [3.63, 3.8) is 0 Å². The molecule has 2 aromatic rings. The maximum Gasteiger partial charge on any atom is 0.191 e. The number of pyridine rings is 1. The molecule has 2 aromatic heterocycles. The van der Waals surface area contributed by atoms with Gasteiger partial charge >= 0.3 is 0 Å². The molecule has 1 saturated carbocycles. The first kappa shape index (κ1) is 15.5. The van der Waals surface area contributed by atoms with Crippen LogP contribution in [0.5, 0.6) is 0 Å². The van der Waals surface area contributed by atoms with Gasteiger partial charge in [-0.05, 0) is 37.3 Å². The van der Waals surface area contributed by atoms with E-state index in [1.807, 2.05) is 6.92 Å². The summed E-state index contributed by atoms with van der Waals surface area (Å²) >= 11 is 1.61. The normalized spacial score (nSPS) is 22.0. The van der Waals surface area contributed by atoms with Gasteiger partial charge in [0.1, 0.15) is 11.6 Å². The molecule has 0 unspecified atom stereocenters. The molecule has 2 heterocycles. The monoisotopic (exact) mass is 320 g/mol. The summed E-state index contributed by atoms with van der Waals surface area (Å²) in [4.78, 5) is 3.89. The smallest absolute Gasteiger partial charge is 0.191 e. The molecule has 0 amide bonds. The van der Waals surface area contributed by atoms with Crippen molar-refractivity contribution in [3.8, 4) is 0 Å². The summed E-state index contributed by atoms with van der Waals surface area (Å²) in [5.41, 5.74) is 0.870. The van der Waals surface area contributed by atoms with Gasteiger partial charge in [-0.2, -0.15) is 0 Å². The lowest BCUT2D eigenvalue weighted by atomic mass is 9.87. The van der Waals surface area contributed by atoms with Crippen LogP contribution in [-0.4, -0.2) is 19.7 Å². The number of thioether (sulfide) groups is 1. The molecule has 3 rings (SSSR count). The molecule has 0 radical (unpaired) electrons. The molecular weight excluding hydrogens is 299 g/mol. The van der Waals surface area contributed by atoms with Crippen LogP contribution in [0.3, 0.4) is 0 Å². The fourth-order valence-corrected chi connectivity index (χ4v) is 4.16. The van der Waals surface area contributed by atoms with Gasteiger partial charge in [0.25, 0.3) is 0 Å². The number of nitrogens with zero attached hydrogens (tertiary/aromatic N) is 4. The number of aromatic nitrogens is 4. The van der Waals surface area contributed by atoms with E-state index in [0.29, 0.717) is 11.8 Å². The van der Waals surface area contributed by atoms with Crippen LogP contribution in [0.25, 0.3) is 0 Å². The van der Waals surface area contributed by atoms with Crippen molar-refractivity contribution in [3.05, 3.63) is 35.7 Å². The highest BCUT2D eigenvalue weighted by atomic mass is 32.2. The van der Waals surface area contributed by atoms with Crippen LogP contribution in [0.15, 0.2) is 23.6 Å². The minimum Gasteiger partial charge on any atom is -0.303 e. The summed E-state index contributed by atoms with van der Waals surface area (Å²) in [6.45, 7) is 4.33. The van der Waals surface area contributed by atoms with Crippen molar-refractivity contribution in [1.29, 1.82) is 0 Å². The van der Waals surface area contributed by atoms with Crippen LogP contribution >= 0.6 is 11.8 Å². The number of rotatable bonds is 4. The Morgan fingerprint density at radius 3 is 2.95 bits per heavy atom. The van der Waals surface area contributed by atoms with E-state index in [2.05, 4.69) is 26.7 Å². The van der Waals surface area contributed by atoms with Crippen molar-refractivity contribution < 1.29 is 4.39 Å². The molecule has 22 heavy (non-hydrogen) atoms. The Bertz CT molecular complexity index is 643. The molecule has 1 aliphatic rings. The van der Waals surface area contributed by atoms with E-state index in [9.17, 15) is 4.39 Å². The van der Waals surface area contributed by atoms with Gasteiger partial charge in [0, 0.05) is 18.0 Å². The fraction of sp³-hybridized carbons (Fsp3) is 0.562. The number of aryl methyl sites for hydroxylation is 1. The van der Waals surface area contributed by atoms with E-state index in [4.69, 9.17) is 0 Å². The van der Waals surface area contributed by atoms with Crippen LogP contribution < -0.4 is 0 Å². The Morgan fingerprint density at radius 1 is 1.32 bits per heavy atom. The van der Waals surface area contributed by atoms with Crippen LogP contribution in [0.4, 0.5) is 4.39 Å². The first-order valence-electron chi connectivity index (χ1n) is 7.77. The van der Waals surface area contributed by atoms with E-state index in [-0.39, 0.29) is 5.82 Å². The van der Waals surface area contributed by atoms with E-state index in [1.165, 1.54) is 37.9 Å². The molecule has 0 aromatic carbocycles. The van der Waals surface area contributed by atoms with Crippen LogP contribution in [0.2, 0.25) is 0 Å². The quantitative estimate of drug-likeness (QED) is 0.793. The lowest BCUT2D eigenvalue weighted by Gasteiger charge is -2.29. The lowest BCUT2D eigenvalue weighted by Crippen LogP contribution is -2.19. The first-order valence-corrected chi connectivity index (χ1v) is 8.76. The topological polar surface area (TPSA) is 43.6 Å². The Kier molecular flexibility index (Phi) is 4.76. The van der Waals surface area contributed by atoms with Crippen molar-refractivity contribution in [2.75, 3.05) is 0 Å². The van der Waals surface area contributed by atoms with E-state index in [1.54, 1.807) is 18.0 Å². The average molecular weight is 320 g/mol. The van der Waals surface area contributed by atoms with Crippen LogP contribution in [0, 0.1) is 18.7 Å². The van der Waals surface area contributed by atoms with E-state index >= 15 is 0 Å². The van der Waals surface area contributed by atoms with Gasteiger partial charge in [0.05, 0.1) is 6.20 Å². The summed E-state index contributed by atoms with van der Waals surface area (Å²) in [5, 5.41) is 9.50. The lowest BCUT2D eigenvalue weighted by molar-refractivity contribution is 0.268. The van der Waals surface area contributed by atoms with Crippen molar-refractivity contribution in [1.82, 2.24) is 19.7 Å². The molecule has 0 N–H and O–H groups in total. The second-order valence-electron chi connectivity index (χ2n) is 6.13. The molecule has 4 nitrogen and oxygen atoms in total. The maximum atomic E-state index is 13.2. The van der Waals surface area contributed by atoms with Gasteiger partial charge in [-0.15, -0.1) is 10.2 Å². The fourth-order valence-electron chi connectivity index (χ4n) is 3.19. The molecule has 6 heteroatoms. The van der Waals surface area contributed by atoms with E-state index in [0.717, 1.165) is 22.5 Å². The molecule has 0 aliphatic heterocycles. The third-order valence-corrected chi connectivity index (χ3v) is 5.25. The van der Waals surface area contributed by atoms with Crippen LogP contribution in [-0.2, 0) is 5.75 Å². The second-order valence-corrected chi connectivity index (χ2v) is 7.07. The summed E-state index contributed by atoms with van der Waals surface area (Å²) in [6.07, 6.45) is 7.89. The molecule has 0 spiro atoms. The zero-order valence-corrected chi connectivity index (χ0v) is 13.8. The molecule has 0 saturated heterocycles. The predicted octanol–water partition coefficient (Wildman–Crippen LogP) is 4.16. The number of hydrogen-bond donors (Lipinski definition) is 0. The van der Waals surface area contributed by atoms with Crippen molar-refractivity contribution >= 4 is 11.8 Å². The standard InChI is InChI=1S/C16H21FN4S/c1-11-4-3-5-15(6-11)21-12(2)19-20-16(21)22-10-13-7-14(17)9-18-8-13/h7-9,11,15H,3-6,10H2,1-2H3/t11-,15+/m1/s1. The summed E-state index contributed by atoms with van der Waals surface area (Å²) in [6, 6.07) is 2.02. The summed E-state index contributed by atoms with van der Waals surface area (Å²) in [5.74, 6) is 2.09. The van der Waals surface area contributed by atoms with E-state index < -0.39 is 0 Å². The first-order chi connectivity index (χ1) is 10.6. The highest BCUT2D eigenvalue weighted by Gasteiger charge is 2.24. The van der Waals surface area contributed by atoms with Crippen LogP contribution in [0.1, 0.15) is 50.0 Å². The zero-order valence-electron chi connectivity index (χ0n) is 13.0. The van der Waals surface area contributed by atoms with Gasteiger partial charge in [-0.3, -0.25) is 4.98 Å². The van der Waals surface area contributed by atoms with Gasteiger partial charge in [-0.1, -0.05) is 31.5 Å². The van der Waals surface area contributed by atoms with Gasteiger partial charge in [0.2, 0.25) is 0 Å².